The molecule has 0 aliphatic heterocycles. The molecule has 0 unspecified atom stereocenters. The third-order valence-corrected chi connectivity index (χ3v) is 3.18. The zero-order chi connectivity index (χ0) is 18.3. The highest BCUT2D eigenvalue weighted by Crippen LogP contribution is 2.13. The van der Waals surface area contributed by atoms with Gasteiger partial charge in [-0.25, -0.2) is 10.2 Å². The summed E-state index contributed by atoms with van der Waals surface area (Å²) in [7, 11) is 1.57. The number of hydrogen-bond acceptors (Lipinski definition) is 5. The van der Waals surface area contributed by atoms with Crippen LogP contribution in [0.1, 0.15) is 45.0 Å². The highest BCUT2D eigenvalue weighted by molar-refractivity contribution is 5.97. The molecule has 1 rings (SSSR count). The number of ketones is 1. The highest BCUT2D eigenvalue weighted by atomic mass is 16.6. The van der Waals surface area contributed by atoms with Crippen LogP contribution in [0.4, 0.5) is 4.79 Å². The smallest absolute Gasteiger partial charge is 0.426 e. The van der Waals surface area contributed by atoms with E-state index in [1.165, 1.54) is 5.01 Å². The number of benzene rings is 1. The molecule has 24 heavy (non-hydrogen) atoms. The van der Waals surface area contributed by atoms with Gasteiger partial charge in [0.25, 0.3) is 0 Å². The van der Waals surface area contributed by atoms with Crippen molar-refractivity contribution in [3.05, 3.63) is 41.6 Å². The van der Waals surface area contributed by atoms with Gasteiger partial charge in [-0.1, -0.05) is 6.08 Å². The molecule has 1 amide bonds. The average Bonchev–Trinajstić information content (AvgIpc) is 2.51. The maximum Gasteiger partial charge on any atom is 0.426 e. The van der Waals surface area contributed by atoms with Gasteiger partial charge >= 0.3 is 6.09 Å². The largest absolute Gasteiger partial charge is 0.497 e. The van der Waals surface area contributed by atoms with Gasteiger partial charge in [0.05, 0.1) is 7.11 Å². The third kappa shape index (κ3) is 6.32. The Hall–Kier alpha value is -2.50. The minimum absolute atomic E-state index is 0.00173. The second-order valence-corrected chi connectivity index (χ2v) is 6.28. The molecule has 0 radical (unpaired) electrons. The molecule has 6 nitrogen and oxygen atoms in total. The number of nitrogens with one attached hydrogen (secondary N) is 1. The second-order valence-electron chi connectivity index (χ2n) is 6.28. The Morgan fingerprint density at radius 2 is 1.79 bits per heavy atom. The molecule has 0 aliphatic carbocycles. The predicted octanol–water partition coefficient (Wildman–Crippen LogP) is 3.54. The fourth-order valence-corrected chi connectivity index (χ4v) is 1.83. The van der Waals surface area contributed by atoms with Gasteiger partial charge in [0, 0.05) is 11.3 Å². The molecule has 1 aromatic carbocycles. The number of ether oxygens (including phenoxy) is 2. The third-order valence-electron chi connectivity index (χ3n) is 3.18. The number of methoxy groups -OCH3 is 1. The van der Waals surface area contributed by atoms with Crippen molar-refractivity contribution in [2.24, 2.45) is 0 Å². The van der Waals surface area contributed by atoms with Crippen LogP contribution in [0.2, 0.25) is 0 Å². The summed E-state index contributed by atoms with van der Waals surface area (Å²) in [4.78, 5) is 24.4. The van der Waals surface area contributed by atoms with Gasteiger partial charge in [0.2, 0.25) is 0 Å². The van der Waals surface area contributed by atoms with E-state index >= 15 is 0 Å². The number of rotatable bonds is 6. The van der Waals surface area contributed by atoms with Gasteiger partial charge in [-0.2, -0.15) is 0 Å². The van der Waals surface area contributed by atoms with Gasteiger partial charge in [-0.3, -0.25) is 9.80 Å². The molecule has 0 saturated carbocycles. The molecule has 0 saturated heterocycles. The summed E-state index contributed by atoms with van der Waals surface area (Å²) in [6, 6.07) is 6.83. The lowest BCUT2D eigenvalue weighted by Gasteiger charge is -2.27. The second kappa shape index (κ2) is 8.38. The van der Waals surface area contributed by atoms with E-state index in [2.05, 4.69) is 5.43 Å². The summed E-state index contributed by atoms with van der Waals surface area (Å²) < 4.78 is 10.3. The molecule has 0 spiro atoms. The Kier molecular flexibility index (Phi) is 6.82. The van der Waals surface area contributed by atoms with E-state index in [9.17, 15) is 9.59 Å². The van der Waals surface area contributed by atoms with E-state index in [1.54, 1.807) is 65.1 Å². The number of allylic oxidation sites excluding steroid dienone is 2. The van der Waals surface area contributed by atoms with Crippen LogP contribution in [0, 0.1) is 0 Å². The first kappa shape index (κ1) is 19.5. The number of hydrazine groups is 1. The fraction of sp³-hybridized carbons (Fsp3) is 0.444. The lowest BCUT2D eigenvalue weighted by molar-refractivity contribution is 0.0379. The van der Waals surface area contributed by atoms with E-state index in [0.717, 1.165) is 5.70 Å². The molecule has 0 atom stereocenters. The van der Waals surface area contributed by atoms with Crippen LogP contribution in [-0.2, 0) is 4.74 Å². The maximum atomic E-state index is 12.4. The zero-order valence-corrected chi connectivity index (χ0v) is 15.2. The maximum absolute atomic E-state index is 12.4. The minimum atomic E-state index is -0.612. The molecule has 132 valence electrons. The first-order valence-corrected chi connectivity index (χ1v) is 7.73. The summed E-state index contributed by atoms with van der Waals surface area (Å²) >= 11 is 0. The number of carbonyl (C=O) groups is 2. The van der Waals surface area contributed by atoms with Crippen molar-refractivity contribution >= 4 is 11.9 Å². The van der Waals surface area contributed by atoms with Crippen LogP contribution >= 0.6 is 0 Å². The van der Waals surface area contributed by atoms with Gasteiger partial charge in [0.15, 0.2) is 5.78 Å². The summed E-state index contributed by atoms with van der Waals surface area (Å²) in [5.74, 6) is 0.551. The van der Waals surface area contributed by atoms with Crippen molar-refractivity contribution in [3.8, 4) is 5.75 Å². The summed E-state index contributed by atoms with van der Waals surface area (Å²) in [6.45, 7) is 8.98. The molecule has 1 aromatic rings. The predicted molar refractivity (Wildman–Crippen MR) is 92.8 cm³/mol. The summed E-state index contributed by atoms with van der Waals surface area (Å²) in [5, 5.41) is 1.47. The van der Waals surface area contributed by atoms with E-state index in [1.807, 2.05) is 6.92 Å². The van der Waals surface area contributed by atoms with E-state index < -0.39 is 11.7 Å². The molecular weight excluding hydrogens is 308 g/mol. The summed E-state index contributed by atoms with van der Waals surface area (Å²) in [6.07, 6.45) is 1.20. The Labute approximate surface area is 143 Å². The highest BCUT2D eigenvalue weighted by Gasteiger charge is 2.20. The Morgan fingerprint density at radius 1 is 1.21 bits per heavy atom. The molecule has 0 aliphatic rings. The standard InChI is InChI=1S/C18H26N2O4/c1-7-13(2)20(19-17(22)24-18(3,4)5)12-16(21)14-8-10-15(23-6)11-9-14/h7-11H,12H2,1-6H3,(H,19,22). The van der Waals surface area contributed by atoms with Crippen LogP contribution in [0.3, 0.4) is 0 Å². The van der Waals surface area contributed by atoms with Gasteiger partial charge < -0.3 is 9.47 Å². The SMILES string of the molecule is CC=C(C)N(CC(=O)c1ccc(OC)cc1)NC(=O)OC(C)(C)C. The molecule has 0 fully saturated rings. The lowest BCUT2D eigenvalue weighted by atomic mass is 10.1. The first-order valence-electron chi connectivity index (χ1n) is 7.73. The van der Waals surface area contributed by atoms with E-state index in [0.29, 0.717) is 11.3 Å². The molecular formula is C18H26N2O4. The normalized spacial score (nSPS) is 11.7. The number of hydrogen-bond donors (Lipinski definition) is 1. The van der Waals surface area contributed by atoms with Crippen LogP contribution in [0.25, 0.3) is 0 Å². The number of Topliss-reactive ketones (excluding diaryl/α,β-unsaturated/α-hetero) is 1. The van der Waals surface area contributed by atoms with Crippen molar-refractivity contribution in [1.29, 1.82) is 0 Å². The van der Waals surface area contributed by atoms with Gasteiger partial charge in [0.1, 0.15) is 17.9 Å². The lowest BCUT2D eigenvalue weighted by Crippen LogP contribution is -2.45. The van der Waals surface area contributed by atoms with Crippen LogP contribution in [-0.4, -0.2) is 36.1 Å². The minimum Gasteiger partial charge on any atom is -0.497 e. The van der Waals surface area contributed by atoms with Crippen molar-refractivity contribution < 1.29 is 19.1 Å². The molecule has 0 aromatic heterocycles. The summed E-state index contributed by atoms with van der Waals surface area (Å²) in [5.41, 5.74) is 3.27. The molecule has 6 heteroatoms. The van der Waals surface area contributed by atoms with Gasteiger partial charge in [-0.05, 0) is 58.9 Å². The monoisotopic (exact) mass is 334 g/mol. The number of amides is 1. The molecule has 1 N–H and O–H groups in total. The number of carbonyl (C=O) groups excluding carboxylic acids is 2. The van der Waals surface area contributed by atoms with Crippen LogP contribution in [0.5, 0.6) is 5.75 Å². The topological polar surface area (TPSA) is 67.9 Å². The van der Waals surface area contributed by atoms with E-state index in [4.69, 9.17) is 9.47 Å². The van der Waals surface area contributed by atoms with Crippen molar-refractivity contribution in [2.75, 3.05) is 13.7 Å². The van der Waals surface area contributed by atoms with Gasteiger partial charge in [-0.15, -0.1) is 0 Å². The average molecular weight is 334 g/mol. The Morgan fingerprint density at radius 3 is 2.25 bits per heavy atom. The zero-order valence-electron chi connectivity index (χ0n) is 15.2. The van der Waals surface area contributed by atoms with E-state index in [-0.39, 0.29) is 12.3 Å². The van der Waals surface area contributed by atoms with Crippen LogP contribution in [0.15, 0.2) is 36.0 Å². The Bertz CT molecular complexity index is 600. The van der Waals surface area contributed by atoms with Crippen molar-refractivity contribution in [2.45, 2.75) is 40.2 Å². The van der Waals surface area contributed by atoms with Crippen molar-refractivity contribution in [3.63, 3.8) is 0 Å². The number of nitrogens with zero attached hydrogens (tertiary/aromatic N) is 1. The van der Waals surface area contributed by atoms with Crippen molar-refractivity contribution in [1.82, 2.24) is 10.4 Å². The van der Waals surface area contributed by atoms with Crippen LogP contribution < -0.4 is 10.2 Å². The molecule has 0 heterocycles. The molecule has 0 bridgehead atoms. The fourth-order valence-electron chi connectivity index (χ4n) is 1.83. The first-order chi connectivity index (χ1) is 11.2. The quantitative estimate of drug-likeness (QED) is 0.636. The Balaban J connectivity index is 2.81.